The van der Waals surface area contributed by atoms with Gasteiger partial charge in [-0.25, -0.2) is 20.0 Å². The Morgan fingerprint density at radius 3 is 0.846 bits per heavy atom. The molecule has 288 valence electrons. The van der Waals surface area contributed by atoms with Crippen LogP contribution < -0.4 is 21.3 Å². The van der Waals surface area contributed by atoms with Gasteiger partial charge in [0.05, 0.1) is 24.2 Å². The Balaban J connectivity index is 0.844. The molecule has 0 spiro atoms. The van der Waals surface area contributed by atoms with Crippen LogP contribution in [-0.4, -0.2) is 190 Å². The van der Waals surface area contributed by atoms with Crippen molar-refractivity contribution in [2.45, 2.75) is 99.7 Å². The summed E-state index contributed by atoms with van der Waals surface area (Å²) >= 11 is 8.35. The number of hydrogen-bond acceptors (Lipinski definition) is 16. The molecule has 9 aliphatic heterocycles. The summed E-state index contributed by atoms with van der Waals surface area (Å²) in [5.41, 5.74) is 0. The lowest BCUT2D eigenvalue weighted by Crippen LogP contribution is -2.57. The van der Waals surface area contributed by atoms with E-state index < -0.39 is 0 Å². The molecule has 9 aliphatic rings. The standard InChI is InChI=1S/C36H60N12S4/c1-9-45-10-2-26-19-50-20-28-5-13-47-14-6-31(42-35(47)41-28)23-52-24-32-8-16-48-15-7-30(43-36(48)44-32)22-51-21-29-4-12-46-11-3-27(39-34(46)40-29)18-49-17-25(1)37-33(45)38-26/h25-32H,1-24H2,(H,37,38)(H,39,40)(H,41,42)(H,43,44)/t25-,26-,27+,28+,29-,30+,31-,32+. The minimum absolute atomic E-state index is 0.407. The number of fused-ring (bicyclic) bond motifs is 8. The summed E-state index contributed by atoms with van der Waals surface area (Å²) < 4.78 is 0. The van der Waals surface area contributed by atoms with Crippen LogP contribution in [0.5, 0.6) is 0 Å². The summed E-state index contributed by atoms with van der Waals surface area (Å²) in [7, 11) is 0. The van der Waals surface area contributed by atoms with Gasteiger partial charge in [-0.1, -0.05) is 0 Å². The maximum Gasteiger partial charge on any atom is 0.194 e. The van der Waals surface area contributed by atoms with Crippen LogP contribution in [0.1, 0.15) is 51.4 Å². The van der Waals surface area contributed by atoms with Crippen molar-refractivity contribution in [3.8, 4) is 0 Å². The number of rotatable bonds is 0. The second kappa shape index (κ2) is 17.1. The average molecular weight is 789 g/mol. The zero-order valence-electron chi connectivity index (χ0n) is 30.8. The Labute approximate surface area is 328 Å². The van der Waals surface area contributed by atoms with Gasteiger partial charge < -0.3 is 40.9 Å². The van der Waals surface area contributed by atoms with Gasteiger partial charge in [-0.3, -0.25) is 0 Å². The van der Waals surface area contributed by atoms with Gasteiger partial charge in [0.2, 0.25) is 0 Å². The summed E-state index contributed by atoms with van der Waals surface area (Å²) in [5.74, 6) is 13.6. The van der Waals surface area contributed by atoms with Gasteiger partial charge in [0.25, 0.3) is 0 Å². The van der Waals surface area contributed by atoms with E-state index in [0.29, 0.717) is 48.3 Å². The minimum atomic E-state index is 0.407. The smallest absolute Gasteiger partial charge is 0.194 e. The molecule has 0 radical (unpaired) electrons. The first kappa shape index (κ1) is 36.1. The van der Waals surface area contributed by atoms with Gasteiger partial charge in [0, 0.05) is 123 Å². The molecule has 0 saturated carbocycles. The molecule has 12 bridgehead atoms. The Hall–Kier alpha value is -1.52. The normalized spacial score (nSPS) is 37.5. The summed E-state index contributed by atoms with van der Waals surface area (Å²) in [5, 5.41) is 15.4. The number of nitrogens with zero attached hydrogens (tertiary/aromatic N) is 8. The van der Waals surface area contributed by atoms with Gasteiger partial charge in [-0.15, -0.1) is 0 Å². The van der Waals surface area contributed by atoms with E-state index in [1.165, 1.54) is 51.4 Å². The molecule has 9 rings (SSSR count). The monoisotopic (exact) mass is 788 g/mol. The summed E-state index contributed by atoms with van der Waals surface area (Å²) in [6.07, 6.45) is 9.51. The third-order valence-corrected chi connectivity index (χ3v) is 17.2. The molecule has 0 aromatic rings. The number of aliphatic imine (C=N–C) groups is 4. The van der Waals surface area contributed by atoms with Crippen molar-refractivity contribution in [2.75, 3.05) is 98.4 Å². The fourth-order valence-corrected chi connectivity index (χ4v) is 13.7. The quantitative estimate of drug-likeness (QED) is 0.289. The maximum absolute atomic E-state index is 5.26. The fourth-order valence-electron chi connectivity index (χ4n) is 8.94. The van der Waals surface area contributed by atoms with E-state index >= 15 is 0 Å². The molecule has 4 N–H and O–H groups in total. The van der Waals surface area contributed by atoms with Crippen LogP contribution in [0.3, 0.4) is 0 Å². The lowest BCUT2D eigenvalue weighted by atomic mass is 10.1. The van der Waals surface area contributed by atoms with Crippen molar-refractivity contribution in [1.82, 2.24) is 40.9 Å². The molecule has 8 atom stereocenters. The van der Waals surface area contributed by atoms with Crippen LogP contribution in [0, 0.1) is 0 Å². The highest BCUT2D eigenvalue weighted by atomic mass is 32.2. The van der Waals surface area contributed by atoms with Gasteiger partial charge in [0.1, 0.15) is 0 Å². The Morgan fingerprint density at radius 2 is 0.558 bits per heavy atom. The molecule has 4 fully saturated rings. The highest BCUT2D eigenvalue weighted by Gasteiger charge is 2.33. The third kappa shape index (κ3) is 8.95. The van der Waals surface area contributed by atoms with E-state index in [2.05, 4.69) is 87.9 Å². The molecule has 52 heavy (non-hydrogen) atoms. The summed E-state index contributed by atoms with van der Waals surface area (Å²) in [4.78, 5) is 31.0. The zero-order valence-corrected chi connectivity index (χ0v) is 34.1. The summed E-state index contributed by atoms with van der Waals surface area (Å²) in [6, 6.07) is 3.67. The Morgan fingerprint density at radius 1 is 0.327 bits per heavy atom. The number of thioether (sulfide) groups is 4. The topological polar surface area (TPSA) is 111 Å². The highest BCUT2D eigenvalue weighted by Crippen LogP contribution is 2.26. The second-order valence-corrected chi connectivity index (χ2v) is 20.5. The first-order valence-electron chi connectivity index (χ1n) is 20.3. The minimum Gasteiger partial charge on any atom is -0.353 e. The number of guanidine groups is 4. The molecule has 0 unspecified atom stereocenters. The van der Waals surface area contributed by atoms with E-state index in [9.17, 15) is 0 Å². The van der Waals surface area contributed by atoms with Crippen molar-refractivity contribution in [1.29, 1.82) is 0 Å². The van der Waals surface area contributed by atoms with Crippen LogP contribution in [0.25, 0.3) is 0 Å². The van der Waals surface area contributed by atoms with E-state index in [0.717, 1.165) is 122 Å². The lowest BCUT2D eigenvalue weighted by Gasteiger charge is -2.41. The SMILES string of the molecule is C1CN2CC[C@@H]3CSC[C@@H]4CCN5CC[C@H](CSC[C@@H]6CCN7CC[C@@H](CSC[C@H]8CCN9CC[C@@H](CSC[C@@H]1N=C2N3)N=C9N8)N=C7N6)NC5=N4. The van der Waals surface area contributed by atoms with Crippen molar-refractivity contribution in [2.24, 2.45) is 20.0 Å². The van der Waals surface area contributed by atoms with Crippen LogP contribution in [0.2, 0.25) is 0 Å². The van der Waals surface area contributed by atoms with Crippen LogP contribution >= 0.6 is 47.0 Å². The number of nitrogens with one attached hydrogen (secondary N) is 4. The van der Waals surface area contributed by atoms with E-state index in [1.807, 2.05) is 0 Å². The van der Waals surface area contributed by atoms with Crippen molar-refractivity contribution in [3.63, 3.8) is 0 Å². The van der Waals surface area contributed by atoms with E-state index in [1.54, 1.807) is 0 Å². The van der Waals surface area contributed by atoms with Gasteiger partial charge in [-0.2, -0.15) is 47.0 Å². The molecule has 0 aromatic carbocycles. The van der Waals surface area contributed by atoms with Crippen LogP contribution in [0.15, 0.2) is 20.0 Å². The van der Waals surface area contributed by atoms with Crippen molar-refractivity contribution in [3.05, 3.63) is 0 Å². The zero-order chi connectivity index (χ0) is 34.7. The molecular weight excluding hydrogens is 729 g/mol. The molecule has 0 amide bonds. The second-order valence-electron chi connectivity index (χ2n) is 16.2. The largest absolute Gasteiger partial charge is 0.353 e. The van der Waals surface area contributed by atoms with Crippen LogP contribution in [0.4, 0.5) is 0 Å². The van der Waals surface area contributed by atoms with Gasteiger partial charge in [-0.05, 0) is 51.4 Å². The van der Waals surface area contributed by atoms with Gasteiger partial charge >= 0.3 is 0 Å². The average Bonchev–Trinajstić information content (AvgIpc) is 3.17. The van der Waals surface area contributed by atoms with Crippen LogP contribution in [-0.2, 0) is 0 Å². The van der Waals surface area contributed by atoms with Gasteiger partial charge in [0.15, 0.2) is 23.8 Å². The maximum atomic E-state index is 5.26. The van der Waals surface area contributed by atoms with Crippen molar-refractivity contribution < 1.29 is 0 Å². The Bertz CT molecular complexity index is 1270. The molecular formula is C36H60N12S4. The third-order valence-electron chi connectivity index (χ3n) is 12.2. The molecule has 0 aromatic heterocycles. The Kier molecular flexibility index (Phi) is 11.9. The lowest BCUT2D eigenvalue weighted by molar-refractivity contribution is 0.302. The molecule has 16 heteroatoms. The van der Waals surface area contributed by atoms with Crippen molar-refractivity contribution >= 4 is 70.9 Å². The molecule has 4 saturated heterocycles. The van der Waals surface area contributed by atoms with E-state index in [-0.39, 0.29) is 0 Å². The predicted molar refractivity (Wildman–Crippen MR) is 225 cm³/mol. The fraction of sp³-hybridized carbons (Fsp3) is 0.889. The predicted octanol–water partition coefficient (Wildman–Crippen LogP) is 2.10. The molecule has 9 heterocycles. The highest BCUT2D eigenvalue weighted by molar-refractivity contribution is 8.00. The first-order chi connectivity index (χ1) is 25.7. The molecule has 12 nitrogen and oxygen atoms in total. The van der Waals surface area contributed by atoms with E-state index in [4.69, 9.17) is 20.0 Å². The number of hydrogen-bond donors (Lipinski definition) is 4. The molecule has 0 aliphatic carbocycles. The first-order valence-corrected chi connectivity index (χ1v) is 25.0. The summed E-state index contributed by atoms with van der Waals surface area (Å²) in [6.45, 7) is 9.08.